The maximum absolute atomic E-state index is 10.6. The zero-order valence-electron chi connectivity index (χ0n) is 10.4. The van der Waals surface area contributed by atoms with E-state index in [1.807, 2.05) is 19.1 Å². The minimum absolute atomic E-state index is 0.160. The standard InChI is InChI=1S/C13H18BrNO2/c1-9(2)15(7-6-13(16)17)11-4-5-12(14)10(3)8-11/h4-5,8-9H,6-7H2,1-3H3,(H,16,17). The minimum atomic E-state index is -0.760. The lowest BCUT2D eigenvalue weighted by atomic mass is 10.1. The van der Waals surface area contributed by atoms with E-state index in [1.165, 1.54) is 0 Å². The molecule has 0 saturated carbocycles. The van der Waals surface area contributed by atoms with Gasteiger partial charge in [0.1, 0.15) is 0 Å². The van der Waals surface area contributed by atoms with E-state index in [9.17, 15) is 4.79 Å². The third-order valence-corrected chi connectivity index (χ3v) is 3.55. The summed E-state index contributed by atoms with van der Waals surface area (Å²) in [7, 11) is 0. The number of aryl methyl sites for hydroxylation is 1. The lowest BCUT2D eigenvalue weighted by Crippen LogP contribution is -2.32. The summed E-state index contributed by atoms with van der Waals surface area (Å²) in [4.78, 5) is 12.7. The Balaban J connectivity index is 2.89. The number of hydrogen-bond donors (Lipinski definition) is 1. The summed E-state index contributed by atoms with van der Waals surface area (Å²) in [5.74, 6) is -0.760. The minimum Gasteiger partial charge on any atom is -0.481 e. The zero-order chi connectivity index (χ0) is 13.0. The Morgan fingerprint density at radius 3 is 2.59 bits per heavy atom. The summed E-state index contributed by atoms with van der Waals surface area (Å²) >= 11 is 3.47. The highest BCUT2D eigenvalue weighted by molar-refractivity contribution is 9.10. The van der Waals surface area contributed by atoms with Gasteiger partial charge in [0.25, 0.3) is 0 Å². The molecule has 0 radical (unpaired) electrons. The Hall–Kier alpha value is -1.03. The molecule has 4 heteroatoms. The van der Waals surface area contributed by atoms with Crippen LogP contribution in [0.1, 0.15) is 25.8 Å². The second kappa shape index (κ2) is 6.05. The van der Waals surface area contributed by atoms with Gasteiger partial charge in [-0.2, -0.15) is 0 Å². The molecule has 1 aromatic rings. The molecule has 0 amide bonds. The molecule has 0 aliphatic carbocycles. The highest BCUT2D eigenvalue weighted by Crippen LogP contribution is 2.24. The van der Waals surface area contributed by atoms with Crippen molar-refractivity contribution in [1.29, 1.82) is 0 Å². The van der Waals surface area contributed by atoms with Gasteiger partial charge in [-0.25, -0.2) is 0 Å². The Kier molecular flexibility index (Phi) is 5.00. The monoisotopic (exact) mass is 299 g/mol. The predicted molar refractivity (Wildman–Crippen MR) is 73.6 cm³/mol. The van der Waals surface area contributed by atoms with Gasteiger partial charge in [-0.1, -0.05) is 15.9 Å². The quantitative estimate of drug-likeness (QED) is 0.905. The Morgan fingerprint density at radius 2 is 2.12 bits per heavy atom. The number of rotatable bonds is 5. The third kappa shape index (κ3) is 4.04. The highest BCUT2D eigenvalue weighted by atomic mass is 79.9. The summed E-state index contributed by atoms with van der Waals surface area (Å²) in [5, 5.41) is 8.76. The number of carbonyl (C=O) groups is 1. The molecular weight excluding hydrogens is 282 g/mol. The fraction of sp³-hybridized carbons (Fsp3) is 0.462. The molecule has 1 aromatic carbocycles. The van der Waals surface area contributed by atoms with Crippen LogP contribution < -0.4 is 4.90 Å². The van der Waals surface area contributed by atoms with Gasteiger partial charge in [0.2, 0.25) is 0 Å². The number of carboxylic acids is 1. The third-order valence-electron chi connectivity index (χ3n) is 2.66. The second-order valence-electron chi connectivity index (χ2n) is 4.36. The molecule has 0 aliphatic heterocycles. The summed E-state index contributed by atoms with van der Waals surface area (Å²) in [6.07, 6.45) is 0.160. The average molecular weight is 300 g/mol. The first-order valence-corrected chi connectivity index (χ1v) is 6.45. The van der Waals surface area contributed by atoms with Crippen molar-refractivity contribution < 1.29 is 9.90 Å². The van der Waals surface area contributed by atoms with Crippen molar-refractivity contribution in [2.24, 2.45) is 0 Å². The van der Waals surface area contributed by atoms with Gasteiger partial charge in [-0.05, 0) is 44.5 Å². The van der Waals surface area contributed by atoms with Crippen LogP contribution in [-0.4, -0.2) is 23.7 Å². The van der Waals surface area contributed by atoms with E-state index in [4.69, 9.17) is 5.11 Å². The zero-order valence-corrected chi connectivity index (χ0v) is 12.0. The van der Waals surface area contributed by atoms with Crippen LogP contribution in [0.15, 0.2) is 22.7 Å². The molecule has 0 saturated heterocycles. The molecule has 1 rings (SSSR count). The highest BCUT2D eigenvalue weighted by Gasteiger charge is 2.12. The van der Waals surface area contributed by atoms with Gasteiger partial charge in [-0.3, -0.25) is 4.79 Å². The fourth-order valence-electron chi connectivity index (χ4n) is 1.71. The molecule has 3 nitrogen and oxygen atoms in total. The van der Waals surface area contributed by atoms with Crippen molar-refractivity contribution in [3.63, 3.8) is 0 Å². The maximum atomic E-state index is 10.6. The van der Waals surface area contributed by atoms with E-state index in [2.05, 4.69) is 40.7 Å². The van der Waals surface area contributed by atoms with Crippen LogP contribution in [0.5, 0.6) is 0 Å². The van der Waals surface area contributed by atoms with Crippen molar-refractivity contribution in [3.05, 3.63) is 28.2 Å². The molecule has 94 valence electrons. The van der Waals surface area contributed by atoms with Crippen LogP contribution in [0.4, 0.5) is 5.69 Å². The predicted octanol–water partition coefficient (Wildman–Crippen LogP) is 3.45. The van der Waals surface area contributed by atoms with Gasteiger partial charge in [0, 0.05) is 22.7 Å². The first-order chi connectivity index (χ1) is 7.91. The molecule has 0 aliphatic rings. The van der Waals surface area contributed by atoms with E-state index >= 15 is 0 Å². The number of benzene rings is 1. The SMILES string of the molecule is Cc1cc(N(CCC(=O)O)C(C)C)ccc1Br. The molecule has 1 N–H and O–H groups in total. The summed E-state index contributed by atoms with van der Waals surface area (Å²) in [5.41, 5.74) is 2.23. The Labute approximate surface area is 111 Å². The van der Waals surface area contributed by atoms with E-state index in [0.717, 1.165) is 15.7 Å². The second-order valence-corrected chi connectivity index (χ2v) is 5.22. The molecule has 0 bridgehead atoms. The van der Waals surface area contributed by atoms with Gasteiger partial charge in [0.15, 0.2) is 0 Å². The van der Waals surface area contributed by atoms with E-state index in [0.29, 0.717) is 6.54 Å². The number of carboxylic acid groups (broad SMARTS) is 1. The Bertz CT molecular complexity index is 404. The van der Waals surface area contributed by atoms with Crippen LogP contribution in [-0.2, 0) is 4.79 Å². The maximum Gasteiger partial charge on any atom is 0.305 e. The smallest absolute Gasteiger partial charge is 0.305 e. The topological polar surface area (TPSA) is 40.5 Å². The average Bonchev–Trinajstić information content (AvgIpc) is 2.22. The number of nitrogens with zero attached hydrogens (tertiary/aromatic N) is 1. The summed E-state index contributed by atoms with van der Waals surface area (Å²) < 4.78 is 1.07. The summed E-state index contributed by atoms with van der Waals surface area (Å²) in [6.45, 7) is 6.70. The first-order valence-electron chi connectivity index (χ1n) is 5.66. The molecule has 0 fully saturated rings. The molecule has 0 unspecified atom stereocenters. The van der Waals surface area contributed by atoms with Crippen molar-refractivity contribution in [3.8, 4) is 0 Å². The van der Waals surface area contributed by atoms with Crippen molar-refractivity contribution in [1.82, 2.24) is 0 Å². The van der Waals surface area contributed by atoms with E-state index in [-0.39, 0.29) is 12.5 Å². The normalized spacial score (nSPS) is 10.6. The number of hydrogen-bond acceptors (Lipinski definition) is 2. The van der Waals surface area contributed by atoms with Crippen molar-refractivity contribution in [2.45, 2.75) is 33.2 Å². The number of halogens is 1. The molecule has 0 spiro atoms. The van der Waals surface area contributed by atoms with Gasteiger partial charge in [-0.15, -0.1) is 0 Å². The van der Waals surface area contributed by atoms with Crippen LogP contribution in [0.2, 0.25) is 0 Å². The molecule has 0 heterocycles. The van der Waals surface area contributed by atoms with Gasteiger partial charge < -0.3 is 10.0 Å². The van der Waals surface area contributed by atoms with Crippen LogP contribution in [0.3, 0.4) is 0 Å². The molecular formula is C13H18BrNO2. The van der Waals surface area contributed by atoms with Gasteiger partial charge in [0.05, 0.1) is 6.42 Å². The molecule has 17 heavy (non-hydrogen) atoms. The lowest BCUT2D eigenvalue weighted by molar-refractivity contribution is -0.136. The van der Waals surface area contributed by atoms with Crippen LogP contribution >= 0.6 is 15.9 Å². The van der Waals surface area contributed by atoms with Crippen molar-refractivity contribution in [2.75, 3.05) is 11.4 Å². The largest absolute Gasteiger partial charge is 0.481 e. The summed E-state index contributed by atoms with van der Waals surface area (Å²) in [6, 6.07) is 6.38. The van der Waals surface area contributed by atoms with Crippen LogP contribution in [0, 0.1) is 6.92 Å². The molecule has 0 aromatic heterocycles. The first kappa shape index (κ1) is 14.0. The lowest BCUT2D eigenvalue weighted by Gasteiger charge is -2.29. The fourth-order valence-corrected chi connectivity index (χ4v) is 1.96. The van der Waals surface area contributed by atoms with Gasteiger partial charge >= 0.3 is 5.97 Å². The molecule has 0 atom stereocenters. The Morgan fingerprint density at radius 1 is 1.47 bits per heavy atom. The van der Waals surface area contributed by atoms with Crippen LogP contribution in [0.25, 0.3) is 0 Å². The van der Waals surface area contributed by atoms with E-state index < -0.39 is 5.97 Å². The van der Waals surface area contributed by atoms with Crippen molar-refractivity contribution >= 4 is 27.6 Å². The van der Waals surface area contributed by atoms with E-state index in [1.54, 1.807) is 0 Å². The number of aliphatic carboxylic acids is 1. The number of anilines is 1.